The lowest BCUT2D eigenvalue weighted by molar-refractivity contribution is 0.474. The number of rotatable bonds is 17. The Kier molecular flexibility index (Phi) is 15.1. The second kappa shape index (κ2) is 17.2. The molecule has 0 saturated carbocycles. The second-order valence-electron chi connectivity index (χ2n) is 7.68. The minimum absolute atomic E-state index is 0.395. The summed E-state index contributed by atoms with van der Waals surface area (Å²) in [7, 11) is 0. The lowest BCUT2D eigenvalue weighted by Gasteiger charge is -2.04. The Balaban J connectivity index is 1.75. The number of aromatic hydroxyl groups is 1. The summed E-state index contributed by atoms with van der Waals surface area (Å²) < 4.78 is 0. The van der Waals surface area contributed by atoms with Crippen LogP contribution in [0.2, 0.25) is 0 Å². The highest BCUT2D eigenvalue weighted by molar-refractivity contribution is 5.27. The van der Waals surface area contributed by atoms with Crippen LogP contribution in [-0.2, 0) is 6.42 Å². The van der Waals surface area contributed by atoms with Crippen LogP contribution in [0.3, 0.4) is 0 Å². The first-order valence-electron chi connectivity index (χ1n) is 11.3. The molecule has 1 N–H and O–H groups in total. The summed E-state index contributed by atoms with van der Waals surface area (Å²) in [4.78, 5) is 0. The maximum absolute atomic E-state index is 9.45. The molecule has 1 heteroatoms. The summed E-state index contributed by atoms with van der Waals surface area (Å²) in [6, 6.07) is 7.69. The van der Waals surface area contributed by atoms with Crippen molar-refractivity contribution in [1.82, 2.24) is 0 Å². The fourth-order valence-corrected chi connectivity index (χ4v) is 3.53. The van der Waals surface area contributed by atoms with E-state index in [0.717, 1.165) is 6.42 Å². The fraction of sp³-hybridized carbons (Fsp3) is 0.680. The Hall–Kier alpha value is -1.24. The number of unbranched alkanes of at least 4 members (excludes halogenated alkanes) is 13. The van der Waals surface area contributed by atoms with Gasteiger partial charge in [0.05, 0.1) is 0 Å². The molecule has 0 aliphatic heterocycles. The van der Waals surface area contributed by atoms with Gasteiger partial charge in [-0.3, -0.25) is 0 Å². The quantitative estimate of drug-likeness (QED) is 0.219. The maximum atomic E-state index is 9.45. The Morgan fingerprint density at radius 3 is 1.77 bits per heavy atom. The van der Waals surface area contributed by atoms with E-state index >= 15 is 0 Å². The molecule has 26 heavy (non-hydrogen) atoms. The third-order valence-electron chi connectivity index (χ3n) is 5.15. The molecule has 0 aliphatic carbocycles. The lowest BCUT2D eigenvalue weighted by atomic mass is 10.0. The van der Waals surface area contributed by atoms with E-state index in [1.54, 1.807) is 6.07 Å². The van der Waals surface area contributed by atoms with Crippen molar-refractivity contribution in [2.45, 2.75) is 110 Å². The van der Waals surface area contributed by atoms with Crippen LogP contribution >= 0.6 is 0 Å². The van der Waals surface area contributed by atoms with Gasteiger partial charge in [0.25, 0.3) is 0 Å². The number of benzene rings is 1. The summed E-state index contributed by atoms with van der Waals surface area (Å²) in [5, 5.41) is 9.45. The smallest absolute Gasteiger partial charge is 0.115 e. The molecule has 0 saturated heterocycles. The number of hydrogen-bond acceptors (Lipinski definition) is 1. The van der Waals surface area contributed by atoms with E-state index in [1.165, 1.54) is 102 Å². The highest BCUT2D eigenvalue weighted by Gasteiger charge is 1.96. The van der Waals surface area contributed by atoms with Gasteiger partial charge in [-0.05, 0) is 49.8 Å². The predicted molar refractivity (Wildman–Crippen MR) is 116 cm³/mol. The Bertz CT molecular complexity index is 449. The van der Waals surface area contributed by atoms with E-state index < -0.39 is 0 Å². The van der Waals surface area contributed by atoms with Crippen LogP contribution in [0.1, 0.15) is 109 Å². The molecule has 0 heterocycles. The van der Waals surface area contributed by atoms with Crippen molar-refractivity contribution in [2.75, 3.05) is 0 Å². The number of phenolic OH excluding ortho intramolecular Hbond substituents is 1. The third kappa shape index (κ3) is 14.0. The first-order chi connectivity index (χ1) is 12.8. The van der Waals surface area contributed by atoms with Crippen LogP contribution in [0.15, 0.2) is 36.4 Å². The van der Waals surface area contributed by atoms with E-state index in [9.17, 15) is 5.11 Å². The van der Waals surface area contributed by atoms with Gasteiger partial charge in [0.2, 0.25) is 0 Å². The molecule has 148 valence electrons. The maximum Gasteiger partial charge on any atom is 0.115 e. The summed E-state index contributed by atoms with van der Waals surface area (Å²) in [5.41, 5.74) is 1.27. The lowest BCUT2D eigenvalue weighted by Crippen LogP contribution is -1.86. The molecule has 0 aromatic heterocycles. The van der Waals surface area contributed by atoms with Crippen molar-refractivity contribution >= 4 is 0 Å². The van der Waals surface area contributed by atoms with Gasteiger partial charge in [0.1, 0.15) is 5.75 Å². The normalized spacial score (nSPS) is 11.4. The Labute approximate surface area is 162 Å². The average Bonchev–Trinajstić information content (AvgIpc) is 2.64. The van der Waals surface area contributed by atoms with Crippen LogP contribution in [0.4, 0.5) is 0 Å². The van der Waals surface area contributed by atoms with E-state index in [4.69, 9.17) is 0 Å². The van der Waals surface area contributed by atoms with Crippen molar-refractivity contribution in [3.8, 4) is 5.75 Å². The number of hydrogen-bond donors (Lipinski definition) is 1. The first-order valence-corrected chi connectivity index (χ1v) is 11.3. The molecule has 1 nitrogen and oxygen atoms in total. The zero-order valence-corrected chi connectivity index (χ0v) is 17.2. The highest BCUT2D eigenvalue weighted by Crippen LogP contribution is 2.16. The molecule has 1 aromatic carbocycles. The molecule has 1 rings (SSSR count). The van der Waals surface area contributed by atoms with Gasteiger partial charge in [-0.1, -0.05) is 102 Å². The molecule has 0 unspecified atom stereocenters. The standard InChI is InChI=1S/C25H42O/c1-2-3-4-5-6-7-8-9-10-11-12-13-14-15-16-17-18-20-24-21-19-22-25(26)23-24/h3-4,19,21-23,26H,2,5-18,20H2,1H3. The topological polar surface area (TPSA) is 20.2 Å². The average molecular weight is 359 g/mol. The Morgan fingerprint density at radius 2 is 1.23 bits per heavy atom. The predicted octanol–water partition coefficient (Wildman–Crippen LogP) is 8.36. The number of phenols is 1. The third-order valence-corrected chi connectivity index (χ3v) is 5.15. The zero-order chi connectivity index (χ0) is 18.7. The molecule has 0 amide bonds. The molecule has 0 aliphatic rings. The van der Waals surface area contributed by atoms with Crippen LogP contribution in [0, 0.1) is 0 Å². The van der Waals surface area contributed by atoms with Gasteiger partial charge in [-0.25, -0.2) is 0 Å². The molecular formula is C25H42O. The molecule has 0 spiro atoms. The first kappa shape index (κ1) is 22.8. The van der Waals surface area contributed by atoms with Gasteiger partial charge in [0, 0.05) is 0 Å². The monoisotopic (exact) mass is 358 g/mol. The molecule has 0 radical (unpaired) electrons. The largest absolute Gasteiger partial charge is 0.508 e. The summed E-state index contributed by atoms with van der Waals surface area (Å²) in [6.07, 6.45) is 26.3. The van der Waals surface area contributed by atoms with E-state index in [-0.39, 0.29) is 0 Å². The second-order valence-corrected chi connectivity index (χ2v) is 7.68. The summed E-state index contributed by atoms with van der Waals surface area (Å²) in [5.74, 6) is 0.395. The fourth-order valence-electron chi connectivity index (χ4n) is 3.53. The molecule has 0 fully saturated rings. The van der Waals surface area contributed by atoms with Crippen LogP contribution in [-0.4, -0.2) is 5.11 Å². The van der Waals surface area contributed by atoms with E-state index in [1.807, 2.05) is 12.1 Å². The highest BCUT2D eigenvalue weighted by atomic mass is 16.3. The molecular weight excluding hydrogens is 316 g/mol. The van der Waals surface area contributed by atoms with Crippen molar-refractivity contribution < 1.29 is 5.11 Å². The molecule has 0 atom stereocenters. The van der Waals surface area contributed by atoms with Crippen molar-refractivity contribution in [3.63, 3.8) is 0 Å². The van der Waals surface area contributed by atoms with Crippen LogP contribution < -0.4 is 0 Å². The summed E-state index contributed by atoms with van der Waals surface area (Å²) >= 11 is 0. The Morgan fingerprint density at radius 1 is 0.692 bits per heavy atom. The van der Waals surface area contributed by atoms with E-state index in [2.05, 4.69) is 25.1 Å². The van der Waals surface area contributed by atoms with Crippen molar-refractivity contribution in [2.24, 2.45) is 0 Å². The van der Waals surface area contributed by atoms with Gasteiger partial charge in [-0.15, -0.1) is 0 Å². The number of aryl methyl sites for hydroxylation is 1. The SMILES string of the molecule is CCC=CCCCCCCCCCCCCCCCc1cccc(O)c1. The van der Waals surface area contributed by atoms with Crippen LogP contribution in [0.25, 0.3) is 0 Å². The molecule has 0 bridgehead atoms. The van der Waals surface area contributed by atoms with Gasteiger partial charge >= 0.3 is 0 Å². The van der Waals surface area contributed by atoms with Crippen molar-refractivity contribution in [1.29, 1.82) is 0 Å². The van der Waals surface area contributed by atoms with Gasteiger partial charge < -0.3 is 5.11 Å². The van der Waals surface area contributed by atoms with Crippen LogP contribution in [0.5, 0.6) is 5.75 Å². The summed E-state index contributed by atoms with van der Waals surface area (Å²) in [6.45, 7) is 2.20. The number of allylic oxidation sites excluding steroid dienone is 2. The molecule has 1 aromatic rings. The zero-order valence-electron chi connectivity index (χ0n) is 17.2. The minimum atomic E-state index is 0.395. The van der Waals surface area contributed by atoms with Crippen molar-refractivity contribution in [3.05, 3.63) is 42.0 Å². The van der Waals surface area contributed by atoms with E-state index in [0.29, 0.717) is 5.75 Å². The minimum Gasteiger partial charge on any atom is -0.508 e. The van der Waals surface area contributed by atoms with Gasteiger partial charge in [-0.2, -0.15) is 0 Å². The van der Waals surface area contributed by atoms with Gasteiger partial charge in [0.15, 0.2) is 0 Å².